The molecule has 120 valence electrons. The number of rotatable bonds is 4. The molecule has 0 spiro atoms. The highest BCUT2D eigenvalue weighted by molar-refractivity contribution is 6.21. The molecule has 1 aromatic rings. The first-order valence-corrected chi connectivity index (χ1v) is 7.48. The van der Waals surface area contributed by atoms with Crippen LogP contribution in [-0.2, 0) is 4.79 Å². The lowest BCUT2D eigenvalue weighted by Crippen LogP contribution is -2.44. The smallest absolute Gasteiger partial charge is 0.323 e. The largest absolute Gasteiger partial charge is 0.325 e. The van der Waals surface area contributed by atoms with Crippen molar-refractivity contribution in [2.75, 3.05) is 13.1 Å². The maximum atomic E-state index is 12.3. The minimum absolute atomic E-state index is 0.00821. The lowest BCUT2D eigenvalue weighted by molar-refractivity contribution is -0.130. The summed E-state index contributed by atoms with van der Waals surface area (Å²) in [6.45, 7) is 3.46. The minimum Gasteiger partial charge on any atom is -0.323 e. The van der Waals surface area contributed by atoms with Crippen LogP contribution in [-0.4, -0.2) is 52.2 Å². The van der Waals surface area contributed by atoms with E-state index < -0.39 is 23.4 Å². The maximum absolute atomic E-state index is 12.3. The minimum atomic E-state index is -0.918. The average molecular weight is 315 g/mol. The summed E-state index contributed by atoms with van der Waals surface area (Å²) in [5, 5.41) is 2.64. The average Bonchev–Trinajstić information content (AvgIpc) is 2.92. The molecule has 3 rings (SSSR count). The molecule has 0 saturated carbocycles. The molecule has 7 heteroatoms. The van der Waals surface area contributed by atoms with Crippen LogP contribution in [0.15, 0.2) is 24.3 Å². The van der Waals surface area contributed by atoms with Crippen molar-refractivity contribution < 1.29 is 19.2 Å². The fourth-order valence-corrected chi connectivity index (χ4v) is 2.83. The summed E-state index contributed by atoms with van der Waals surface area (Å²) in [6, 6.07) is 6.08. The molecule has 23 heavy (non-hydrogen) atoms. The number of imide groups is 2. The molecule has 0 aromatic heterocycles. The van der Waals surface area contributed by atoms with Crippen LogP contribution in [0.3, 0.4) is 0 Å². The van der Waals surface area contributed by atoms with Gasteiger partial charge in [0.05, 0.1) is 11.1 Å². The third-order valence-electron chi connectivity index (χ3n) is 4.48. The van der Waals surface area contributed by atoms with Crippen molar-refractivity contribution in [2.24, 2.45) is 0 Å². The van der Waals surface area contributed by atoms with Gasteiger partial charge in [-0.3, -0.25) is 24.2 Å². The molecule has 1 saturated heterocycles. The molecule has 1 atom stereocenters. The van der Waals surface area contributed by atoms with Gasteiger partial charge in [0, 0.05) is 13.1 Å². The lowest BCUT2D eigenvalue weighted by Gasteiger charge is -2.21. The van der Waals surface area contributed by atoms with Gasteiger partial charge in [-0.05, 0) is 25.5 Å². The van der Waals surface area contributed by atoms with Gasteiger partial charge in [0.1, 0.15) is 5.54 Å². The number of hydrogen-bond acceptors (Lipinski definition) is 4. The zero-order chi connectivity index (χ0) is 16.8. The Morgan fingerprint density at radius 3 is 1.96 bits per heavy atom. The van der Waals surface area contributed by atoms with Crippen molar-refractivity contribution in [1.29, 1.82) is 0 Å². The van der Waals surface area contributed by atoms with Crippen LogP contribution in [0.4, 0.5) is 4.79 Å². The monoisotopic (exact) mass is 315 g/mol. The third-order valence-corrected chi connectivity index (χ3v) is 4.48. The van der Waals surface area contributed by atoms with Crippen molar-refractivity contribution in [3.05, 3.63) is 35.4 Å². The molecule has 0 radical (unpaired) electrons. The number of carbonyl (C=O) groups excluding carboxylic acids is 4. The van der Waals surface area contributed by atoms with Gasteiger partial charge in [-0.25, -0.2) is 4.79 Å². The van der Waals surface area contributed by atoms with Gasteiger partial charge in [0.15, 0.2) is 0 Å². The van der Waals surface area contributed by atoms with E-state index in [2.05, 4.69) is 5.32 Å². The summed E-state index contributed by atoms with van der Waals surface area (Å²) in [5.74, 6) is -1.12. The van der Waals surface area contributed by atoms with E-state index in [1.54, 1.807) is 31.2 Å². The zero-order valence-electron chi connectivity index (χ0n) is 13.0. The highest BCUT2D eigenvalue weighted by atomic mass is 16.2. The van der Waals surface area contributed by atoms with E-state index in [1.807, 2.05) is 6.92 Å². The predicted octanol–water partition coefficient (Wildman–Crippen LogP) is 1.00. The molecule has 1 unspecified atom stereocenters. The Bertz CT molecular complexity index is 695. The van der Waals surface area contributed by atoms with Gasteiger partial charge in [0.25, 0.3) is 17.7 Å². The van der Waals surface area contributed by atoms with Crippen LogP contribution < -0.4 is 5.32 Å². The van der Waals surface area contributed by atoms with Gasteiger partial charge < -0.3 is 5.32 Å². The summed E-state index contributed by atoms with van der Waals surface area (Å²) >= 11 is 0. The van der Waals surface area contributed by atoms with Crippen molar-refractivity contribution in [3.8, 4) is 0 Å². The molecule has 1 aromatic carbocycles. The van der Waals surface area contributed by atoms with E-state index in [4.69, 9.17) is 0 Å². The summed E-state index contributed by atoms with van der Waals surface area (Å²) < 4.78 is 0. The number of amides is 5. The molecule has 0 aliphatic carbocycles. The van der Waals surface area contributed by atoms with E-state index in [9.17, 15) is 19.2 Å². The molecule has 2 aliphatic heterocycles. The van der Waals surface area contributed by atoms with Gasteiger partial charge in [0.2, 0.25) is 0 Å². The van der Waals surface area contributed by atoms with Crippen LogP contribution in [0.2, 0.25) is 0 Å². The second kappa shape index (κ2) is 5.19. The predicted molar refractivity (Wildman–Crippen MR) is 80.7 cm³/mol. The van der Waals surface area contributed by atoms with Crippen molar-refractivity contribution in [1.82, 2.24) is 15.1 Å². The van der Waals surface area contributed by atoms with Gasteiger partial charge in [-0.15, -0.1) is 0 Å². The Kier molecular flexibility index (Phi) is 3.43. The Labute approximate surface area is 133 Å². The van der Waals surface area contributed by atoms with E-state index >= 15 is 0 Å². The van der Waals surface area contributed by atoms with E-state index in [0.29, 0.717) is 17.5 Å². The molecular formula is C16H17N3O4. The Hall–Kier alpha value is -2.70. The van der Waals surface area contributed by atoms with E-state index in [0.717, 1.165) is 9.80 Å². The molecule has 1 N–H and O–H groups in total. The van der Waals surface area contributed by atoms with E-state index in [-0.39, 0.29) is 19.0 Å². The molecule has 0 bridgehead atoms. The van der Waals surface area contributed by atoms with Crippen molar-refractivity contribution >= 4 is 23.8 Å². The highest BCUT2D eigenvalue weighted by Gasteiger charge is 2.47. The van der Waals surface area contributed by atoms with E-state index in [1.165, 1.54) is 0 Å². The quantitative estimate of drug-likeness (QED) is 0.663. The number of hydrogen-bond donors (Lipinski definition) is 1. The maximum Gasteiger partial charge on any atom is 0.325 e. The number of fused-ring (bicyclic) bond motifs is 1. The first-order chi connectivity index (χ1) is 10.9. The summed E-state index contributed by atoms with van der Waals surface area (Å²) in [4.78, 5) is 50.9. The van der Waals surface area contributed by atoms with Gasteiger partial charge >= 0.3 is 6.03 Å². The highest BCUT2D eigenvalue weighted by Crippen LogP contribution is 2.24. The molecule has 2 heterocycles. The van der Waals surface area contributed by atoms with Crippen LogP contribution in [0.25, 0.3) is 0 Å². The van der Waals surface area contributed by atoms with Crippen LogP contribution in [0.5, 0.6) is 0 Å². The lowest BCUT2D eigenvalue weighted by atomic mass is 9.99. The first-order valence-electron chi connectivity index (χ1n) is 7.48. The Morgan fingerprint density at radius 2 is 1.48 bits per heavy atom. The topological polar surface area (TPSA) is 86.8 Å². The standard InChI is InChI=1S/C16H17N3O4/c1-3-16(2)14(22)19(15(23)17-16)9-8-18-12(20)10-6-4-5-7-11(10)13(18)21/h4-7H,3,8-9H2,1-2H3,(H,17,23). The fourth-order valence-electron chi connectivity index (χ4n) is 2.83. The van der Waals surface area contributed by atoms with Crippen molar-refractivity contribution in [3.63, 3.8) is 0 Å². The van der Waals surface area contributed by atoms with Crippen molar-refractivity contribution in [2.45, 2.75) is 25.8 Å². The summed E-state index contributed by atoms with van der Waals surface area (Å²) in [6.07, 6.45) is 0.473. The molecule has 5 amide bonds. The summed E-state index contributed by atoms with van der Waals surface area (Å²) in [5.41, 5.74) is -0.208. The molecule has 7 nitrogen and oxygen atoms in total. The zero-order valence-corrected chi connectivity index (χ0v) is 13.0. The Balaban J connectivity index is 1.73. The SMILES string of the molecule is CCC1(C)NC(=O)N(CCN2C(=O)c3ccccc3C2=O)C1=O. The first kappa shape index (κ1) is 15.2. The Morgan fingerprint density at radius 1 is 0.957 bits per heavy atom. The normalized spacial score (nSPS) is 23.6. The third kappa shape index (κ3) is 2.19. The number of nitrogens with one attached hydrogen (secondary N) is 1. The summed E-state index contributed by atoms with van der Waals surface area (Å²) in [7, 11) is 0. The fraction of sp³-hybridized carbons (Fsp3) is 0.375. The van der Waals surface area contributed by atoms with Crippen LogP contribution in [0, 0.1) is 0 Å². The number of benzene rings is 1. The molecule has 2 aliphatic rings. The number of carbonyl (C=O) groups is 4. The second-order valence-electron chi connectivity index (χ2n) is 5.88. The molecule has 1 fully saturated rings. The van der Waals surface area contributed by atoms with Gasteiger partial charge in [-0.2, -0.15) is 0 Å². The number of nitrogens with zero attached hydrogens (tertiary/aromatic N) is 2. The molecular weight excluding hydrogens is 298 g/mol. The number of urea groups is 1. The van der Waals surface area contributed by atoms with Gasteiger partial charge in [-0.1, -0.05) is 19.1 Å². The second-order valence-corrected chi connectivity index (χ2v) is 5.88. The van der Waals surface area contributed by atoms with Crippen LogP contribution in [0.1, 0.15) is 41.0 Å². The van der Waals surface area contributed by atoms with Crippen LogP contribution >= 0.6 is 0 Å².